The van der Waals surface area contributed by atoms with Crippen molar-refractivity contribution in [2.75, 3.05) is 27.4 Å². The second-order valence-corrected chi connectivity index (χ2v) is 9.96. The van der Waals surface area contributed by atoms with Crippen LogP contribution in [0.4, 0.5) is 0 Å². The van der Waals surface area contributed by atoms with Gasteiger partial charge in [-0.15, -0.1) is 0 Å². The van der Waals surface area contributed by atoms with Crippen molar-refractivity contribution >= 4 is 39.3 Å². The smallest absolute Gasteiger partial charge is 0.338 e. The quantitative estimate of drug-likeness (QED) is 0.371. The van der Waals surface area contributed by atoms with Gasteiger partial charge < -0.3 is 18.9 Å². The van der Waals surface area contributed by atoms with Crippen LogP contribution in [-0.2, 0) is 9.53 Å². The standard InChI is InChI=1S/C27H27BrN2O6S/c1-6-35-19-10-8-16(9-11-19)23-22(26(32)36-7-2)15(3)29-27-30(23)25(31)21(37-27)13-17-12-18(28)14-20(33-4)24(17)34-5/h8-14,23H,6-7H2,1-5H3/b21-13-/t23-/m1/s1. The van der Waals surface area contributed by atoms with Gasteiger partial charge in [-0.1, -0.05) is 39.4 Å². The summed E-state index contributed by atoms with van der Waals surface area (Å²) in [4.78, 5) is 32.0. The van der Waals surface area contributed by atoms with E-state index in [1.165, 1.54) is 11.3 Å². The molecule has 0 fully saturated rings. The second kappa shape index (κ2) is 11.4. The van der Waals surface area contributed by atoms with E-state index in [1.54, 1.807) is 44.8 Å². The number of nitrogens with zero attached hydrogens (tertiary/aromatic N) is 2. The van der Waals surface area contributed by atoms with Crippen LogP contribution < -0.4 is 29.1 Å². The lowest BCUT2D eigenvalue weighted by molar-refractivity contribution is -0.139. The Morgan fingerprint density at radius 3 is 2.49 bits per heavy atom. The van der Waals surface area contributed by atoms with Crippen LogP contribution in [0, 0.1) is 0 Å². The molecule has 0 radical (unpaired) electrons. The van der Waals surface area contributed by atoms with Gasteiger partial charge in [-0.2, -0.15) is 0 Å². The molecule has 3 aromatic rings. The van der Waals surface area contributed by atoms with Crippen LogP contribution in [-0.4, -0.2) is 38.0 Å². The van der Waals surface area contributed by atoms with Crippen molar-refractivity contribution in [2.45, 2.75) is 26.8 Å². The molecule has 194 valence electrons. The molecule has 4 rings (SSSR count). The third-order valence-electron chi connectivity index (χ3n) is 5.78. The summed E-state index contributed by atoms with van der Waals surface area (Å²) in [5, 5.41) is 0. The first-order chi connectivity index (χ1) is 17.8. The van der Waals surface area contributed by atoms with Crippen LogP contribution in [0.2, 0.25) is 0 Å². The van der Waals surface area contributed by atoms with Crippen molar-refractivity contribution < 1.29 is 23.7 Å². The van der Waals surface area contributed by atoms with E-state index in [9.17, 15) is 9.59 Å². The third-order valence-corrected chi connectivity index (χ3v) is 7.22. The highest BCUT2D eigenvalue weighted by molar-refractivity contribution is 9.10. The van der Waals surface area contributed by atoms with Crippen molar-refractivity contribution in [1.29, 1.82) is 0 Å². The minimum absolute atomic E-state index is 0.209. The summed E-state index contributed by atoms with van der Waals surface area (Å²) in [6, 6.07) is 10.3. The summed E-state index contributed by atoms with van der Waals surface area (Å²) in [6.07, 6.45) is 1.74. The van der Waals surface area contributed by atoms with E-state index in [-0.39, 0.29) is 12.2 Å². The number of carbonyl (C=O) groups excluding carboxylic acids is 1. The number of methoxy groups -OCH3 is 2. The molecule has 0 unspecified atom stereocenters. The zero-order valence-corrected chi connectivity index (χ0v) is 23.6. The number of hydrogen-bond acceptors (Lipinski definition) is 8. The van der Waals surface area contributed by atoms with Gasteiger partial charge >= 0.3 is 5.97 Å². The average molecular weight is 587 g/mol. The molecule has 1 atom stereocenters. The monoisotopic (exact) mass is 586 g/mol. The number of carbonyl (C=O) groups is 1. The lowest BCUT2D eigenvalue weighted by Gasteiger charge is -2.24. The van der Waals surface area contributed by atoms with Gasteiger partial charge in [-0.3, -0.25) is 9.36 Å². The van der Waals surface area contributed by atoms with Gasteiger partial charge in [0, 0.05) is 10.0 Å². The number of thiazole rings is 1. The summed E-state index contributed by atoms with van der Waals surface area (Å²) in [5.74, 6) is 1.23. The van der Waals surface area contributed by atoms with Gasteiger partial charge in [0.05, 0.1) is 49.3 Å². The molecular formula is C27H27BrN2O6S. The largest absolute Gasteiger partial charge is 0.494 e. The number of ether oxygens (including phenoxy) is 4. The van der Waals surface area contributed by atoms with Gasteiger partial charge in [0.2, 0.25) is 0 Å². The molecule has 1 aromatic heterocycles. The molecule has 0 aliphatic carbocycles. The Balaban J connectivity index is 1.95. The van der Waals surface area contributed by atoms with E-state index < -0.39 is 12.0 Å². The highest BCUT2D eigenvalue weighted by Gasteiger charge is 2.33. The van der Waals surface area contributed by atoms with Gasteiger partial charge in [0.1, 0.15) is 5.75 Å². The van der Waals surface area contributed by atoms with E-state index in [0.29, 0.717) is 50.0 Å². The number of esters is 1. The molecule has 0 saturated carbocycles. The molecular weight excluding hydrogens is 560 g/mol. The molecule has 37 heavy (non-hydrogen) atoms. The maximum Gasteiger partial charge on any atom is 0.338 e. The fourth-order valence-electron chi connectivity index (χ4n) is 4.23. The zero-order chi connectivity index (χ0) is 26.7. The Hall–Kier alpha value is -3.37. The number of fused-ring (bicyclic) bond motifs is 1. The van der Waals surface area contributed by atoms with Crippen molar-refractivity contribution in [1.82, 2.24) is 4.57 Å². The predicted octanol–water partition coefficient (Wildman–Crippen LogP) is 3.98. The summed E-state index contributed by atoms with van der Waals surface area (Å²) in [6.45, 7) is 6.15. The number of aromatic nitrogens is 1. The summed E-state index contributed by atoms with van der Waals surface area (Å²) in [5.41, 5.74) is 1.96. The van der Waals surface area contributed by atoms with Crippen LogP contribution in [0.15, 0.2) is 61.9 Å². The Bertz CT molecular complexity index is 1540. The van der Waals surface area contributed by atoms with Gasteiger partial charge in [-0.05, 0) is 56.7 Å². The lowest BCUT2D eigenvalue weighted by atomic mass is 9.96. The topological polar surface area (TPSA) is 88.4 Å². The van der Waals surface area contributed by atoms with Gasteiger partial charge in [0.15, 0.2) is 16.3 Å². The second-order valence-electron chi connectivity index (χ2n) is 8.03. The molecule has 0 saturated heterocycles. The van der Waals surface area contributed by atoms with Crippen LogP contribution in [0.5, 0.6) is 17.2 Å². The zero-order valence-electron chi connectivity index (χ0n) is 21.2. The molecule has 1 aliphatic rings. The first kappa shape index (κ1) is 26.7. The Morgan fingerprint density at radius 1 is 1.14 bits per heavy atom. The SMILES string of the molecule is CCOC(=O)C1=C(C)N=c2s/c(=C\c3cc(Br)cc(OC)c3OC)c(=O)n2[C@@H]1c1ccc(OCC)cc1. The summed E-state index contributed by atoms with van der Waals surface area (Å²) >= 11 is 4.73. The third kappa shape index (κ3) is 5.21. The minimum atomic E-state index is -0.702. The minimum Gasteiger partial charge on any atom is -0.494 e. The van der Waals surface area contributed by atoms with Crippen molar-refractivity contribution in [3.8, 4) is 17.2 Å². The van der Waals surface area contributed by atoms with E-state index in [4.69, 9.17) is 18.9 Å². The van der Waals surface area contributed by atoms with Crippen LogP contribution in [0.3, 0.4) is 0 Å². The van der Waals surface area contributed by atoms with E-state index in [0.717, 1.165) is 10.0 Å². The highest BCUT2D eigenvalue weighted by atomic mass is 79.9. The van der Waals surface area contributed by atoms with Crippen LogP contribution in [0.1, 0.15) is 37.9 Å². The summed E-state index contributed by atoms with van der Waals surface area (Å²) < 4.78 is 24.7. The predicted molar refractivity (Wildman–Crippen MR) is 145 cm³/mol. The first-order valence-corrected chi connectivity index (χ1v) is 13.3. The molecule has 2 heterocycles. The molecule has 0 bridgehead atoms. The maximum absolute atomic E-state index is 13.8. The Labute approximate surface area is 226 Å². The molecule has 0 N–H and O–H groups in total. The molecule has 1 aliphatic heterocycles. The maximum atomic E-state index is 13.8. The highest BCUT2D eigenvalue weighted by Crippen LogP contribution is 2.35. The molecule has 2 aromatic carbocycles. The molecule has 8 nitrogen and oxygen atoms in total. The number of rotatable bonds is 8. The fourth-order valence-corrected chi connectivity index (χ4v) is 5.72. The average Bonchev–Trinajstić information content (AvgIpc) is 3.17. The Kier molecular flexibility index (Phi) is 8.19. The molecule has 0 amide bonds. The van der Waals surface area contributed by atoms with Crippen molar-refractivity contribution in [3.05, 3.63) is 83.0 Å². The van der Waals surface area contributed by atoms with Gasteiger partial charge in [0.25, 0.3) is 5.56 Å². The van der Waals surface area contributed by atoms with E-state index in [1.807, 2.05) is 37.3 Å². The number of allylic oxidation sites excluding steroid dienone is 1. The van der Waals surface area contributed by atoms with Crippen molar-refractivity contribution in [2.24, 2.45) is 4.99 Å². The Morgan fingerprint density at radius 2 is 1.86 bits per heavy atom. The lowest BCUT2D eigenvalue weighted by Crippen LogP contribution is -2.39. The fraction of sp³-hybridized carbons (Fsp3) is 0.296. The van der Waals surface area contributed by atoms with Crippen LogP contribution >= 0.6 is 27.3 Å². The molecule has 0 spiro atoms. The van der Waals surface area contributed by atoms with E-state index >= 15 is 0 Å². The van der Waals surface area contributed by atoms with Crippen LogP contribution in [0.25, 0.3) is 6.08 Å². The van der Waals surface area contributed by atoms with E-state index in [2.05, 4.69) is 20.9 Å². The number of hydrogen-bond donors (Lipinski definition) is 0. The normalized spacial score (nSPS) is 15.2. The number of benzene rings is 2. The first-order valence-electron chi connectivity index (χ1n) is 11.7. The summed E-state index contributed by atoms with van der Waals surface area (Å²) in [7, 11) is 3.10. The van der Waals surface area contributed by atoms with Crippen molar-refractivity contribution in [3.63, 3.8) is 0 Å². The number of halogens is 1. The molecule has 10 heteroatoms. The van der Waals surface area contributed by atoms with Gasteiger partial charge in [-0.25, -0.2) is 9.79 Å².